The number of hydrogen-bond acceptors (Lipinski definition) is 7. The number of benzene rings is 3. The fourth-order valence-electron chi connectivity index (χ4n) is 4.11. The van der Waals surface area contributed by atoms with Crippen LogP contribution in [0.15, 0.2) is 84.9 Å². The van der Waals surface area contributed by atoms with Crippen molar-refractivity contribution in [3.05, 3.63) is 102 Å². The Kier molecular flexibility index (Phi) is 11.7. The fourth-order valence-corrected chi connectivity index (χ4v) is 4.35. The van der Waals surface area contributed by atoms with E-state index in [0.29, 0.717) is 5.56 Å². The topological polar surface area (TPSA) is 171 Å². The van der Waals surface area contributed by atoms with Gasteiger partial charge in [-0.25, -0.2) is 4.79 Å². The largest absolute Gasteiger partial charge is 0.508 e. The molecule has 0 aromatic heterocycles. The van der Waals surface area contributed by atoms with Gasteiger partial charge >= 0.3 is 5.97 Å². The van der Waals surface area contributed by atoms with E-state index in [1.54, 1.807) is 42.5 Å². The quantitative estimate of drug-likeness (QED) is 0.141. The molecule has 10 nitrogen and oxygen atoms in total. The molecule has 0 fully saturated rings. The van der Waals surface area contributed by atoms with Crippen molar-refractivity contribution in [1.82, 2.24) is 16.0 Å². The molecule has 11 heteroatoms. The summed E-state index contributed by atoms with van der Waals surface area (Å²) in [7, 11) is 0. The van der Waals surface area contributed by atoms with Crippen LogP contribution < -0.4 is 21.7 Å². The zero-order valence-corrected chi connectivity index (χ0v) is 23.2. The van der Waals surface area contributed by atoms with E-state index in [1.807, 2.05) is 30.3 Å². The van der Waals surface area contributed by atoms with Crippen molar-refractivity contribution in [2.45, 2.75) is 43.4 Å². The highest BCUT2D eigenvalue weighted by Crippen LogP contribution is 2.13. The predicted molar refractivity (Wildman–Crippen MR) is 157 cm³/mol. The lowest BCUT2D eigenvalue weighted by Gasteiger charge is -2.25. The van der Waals surface area contributed by atoms with Gasteiger partial charge in [-0.05, 0) is 35.2 Å². The van der Waals surface area contributed by atoms with Gasteiger partial charge in [0, 0.05) is 18.6 Å². The Bertz CT molecular complexity index is 1310. The average Bonchev–Trinajstić information content (AvgIpc) is 2.96. The monoisotopic (exact) mass is 578 g/mol. The maximum Gasteiger partial charge on any atom is 0.327 e. The van der Waals surface area contributed by atoms with E-state index < -0.39 is 47.9 Å². The Hall–Kier alpha value is -4.35. The number of phenolic OH excluding ortho intramolecular Hbond substituents is 1. The van der Waals surface area contributed by atoms with Crippen molar-refractivity contribution >= 4 is 36.3 Å². The van der Waals surface area contributed by atoms with Crippen molar-refractivity contribution < 1.29 is 29.4 Å². The maximum absolute atomic E-state index is 13.6. The first-order valence-electron chi connectivity index (χ1n) is 13.0. The van der Waals surface area contributed by atoms with Gasteiger partial charge in [0.2, 0.25) is 17.7 Å². The molecule has 3 aromatic carbocycles. The molecule has 216 valence electrons. The number of carboxylic acids is 1. The van der Waals surface area contributed by atoms with Crippen LogP contribution >= 0.6 is 12.6 Å². The van der Waals surface area contributed by atoms with E-state index in [-0.39, 0.29) is 30.8 Å². The van der Waals surface area contributed by atoms with Crippen LogP contribution in [0.25, 0.3) is 0 Å². The lowest BCUT2D eigenvalue weighted by atomic mass is 10.0. The molecule has 0 saturated carbocycles. The number of carbonyl (C=O) groups is 4. The molecule has 3 amide bonds. The Morgan fingerprint density at radius 1 is 0.634 bits per heavy atom. The summed E-state index contributed by atoms with van der Waals surface area (Å²) in [6, 6.07) is 19.8. The van der Waals surface area contributed by atoms with E-state index in [1.165, 1.54) is 12.1 Å². The molecule has 0 bridgehead atoms. The van der Waals surface area contributed by atoms with Crippen LogP contribution in [0.4, 0.5) is 0 Å². The minimum absolute atomic E-state index is 0.0421. The van der Waals surface area contributed by atoms with Crippen LogP contribution in [0.5, 0.6) is 5.75 Å². The number of phenols is 1. The van der Waals surface area contributed by atoms with Crippen LogP contribution in [-0.4, -0.2) is 63.8 Å². The highest BCUT2D eigenvalue weighted by Gasteiger charge is 2.30. The zero-order chi connectivity index (χ0) is 29.8. The molecule has 3 rings (SSSR count). The number of nitrogens with one attached hydrogen (secondary N) is 3. The van der Waals surface area contributed by atoms with E-state index in [9.17, 15) is 29.4 Å². The predicted octanol–water partition coefficient (Wildman–Crippen LogP) is 1.22. The second-order valence-electron chi connectivity index (χ2n) is 9.56. The van der Waals surface area contributed by atoms with E-state index in [2.05, 4.69) is 28.6 Å². The molecule has 0 aliphatic heterocycles. The van der Waals surface area contributed by atoms with Gasteiger partial charge in [0.05, 0.1) is 6.04 Å². The second-order valence-corrected chi connectivity index (χ2v) is 9.93. The number of thiol groups is 1. The number of aromatic hydroxyl groups is 1. The van der Waals surface area contributed by atoms with E-state index in [4.69, 9.17) is 5.73 Å². The van der Waals surface area contributed by atoms with Gasteiger partial charge in [-0.3, -0.25) is 14.4 Å². The van der Waals surface area contributed by atoms with Crippen LogP contribution in [-0.2, 0) is 38.4 Å². The number of nitrogens with two attached hydrogens (primary N) is 1. The molecule has 0 radical (unpaired) electrons. The third kappa shape index (κ3) is 9.96. The molecule has 4 atom stereocenters. The normalized spacial score (nSPS) is 13.7. The van der Waals surface area contributed by atoms with E-state index >= 15 is 0 Å². The fraction of sp³-hybridized carbons (Fsp3) is 0.267. The van der Waals surface area contributed by atoms with Crippen molar-refractivity contribution in [1.29, 1.82) is 0 Å². The van der Waals surface area contributed by atoms with Gasteiger partial charge in [-0.2, -0.15) is 12.6 Å². The van der Waals surface area contributed by atoms with Crippen LogP contribution in [0.2, 0.25) is 0 Å². The first kappa shape index (κ1) is 31.2. The highest BCUT2D eigenvalue weighted by molar-refractivity contribution is 7.80. The summed E-state index contributed by atoms with van der Waals surface area (Å²) in [5.41, 5.74) is 8.39. The van der Waals surface area contributed by atoms with Crippen LogP contribution in [0, 0.1) is 0 Å². The summed E-state index contributed by atoms with van der Waals surface area (Å²) in [5, 5.41) is 26.8. The standard InChI is InChI=1S/C30H34N4O6S/c31-23(15-19-7-3-1-4-8-19)27(36)32-24(17-21-11-13-22(35)14-12-21)28(37)33-25(16-20-9-5-2-6-10-20)29(38)34-26(18-41)30(39)40/h1-14,23-26,35,41H,15-18,31H2,(H,32,36)(H,33,37)(H,34,38)(H,39,40). The maximum atomic E-state index is 13.6. The first-order valence-corrected chi connectivity index (χ1v) is 13.7. The SMILES string of the molecule is NC(Cc1ccccc1)C(=O)NC(Cc1ccc(O)cc1)C(=O)NC(Cc1ccccc1)C(=O)NC(CS)C(=O)O. The second kappa shape index (κ2) is 15.4. The highest BCUT2D eigenvalue weighted by atomic mass is 32.1. The summed E-state index contributed by atoms with van der Waals surface area (Å²) < 4.78 is 0. The van der Waals surface area contributed by atoms with Crippen molar-refractivity contribution in [3.8, 4) is 5.75 Å². The number of carbonyl (C=O) groups excluding carboxylic acids is 3. The molecule has 4 unspecified atom stereocenters. The lowest BCUT2D eigenvalue weighted by molar-refractivity contribution is -0.141. The van der Waals surface area contributed by atoms with Crippen molar-refractivity contribution in [2.75, 3.05) is 5.75 Å². The molecular weight excluding hydrogens is 544 g/mol. The molecule has 0 aliphatic carbocycles. The smallest absolute Gasteiger partial charge is 0.327 e. The summed E-state index contributed by atoms with van der Waals surface area (Å²) in [5.74, 6) is -3.29. The number of aliphatic carboxylic acids is 1. The molecule has 3 aromatic rings. The molecule has 7 N–H and O–H groups in total. The Balaban J connectivity index is 1.82. The number of amides is 3. The van der Waals surface area contributed by atoms with Gasteiger partial charge in [0.15, 0.2) is 0 Å². The van der Waals surface area contributed by atoms with Crippen molar-refractivity contribution in [3.63, 3.8) is 0 Å². The van der Waals surface area contributed by atoms with Gasteiger partial charge in [0.1, 0.15) is 23.9 Å². The number of rotatable bonds is 14. The summed E-state index contributed by atoms with van der Waals surface area (Å²) >= 11 is 3.99. The summed E-state index contributed by atoms with van der Waals surface area (Å²) in [4.78, 5) is 51.3. The molecule has 41 heavy (non-hydrogen) atoms. The molecule has 0 heterocycles. The lowest BCUT2D eigenvalue weighted by Crippen LogP contribution is -2.58. The minimum Gasteiger partial charge on any atom is -0.508 e. The molecule has 0 saturated heterocycles. The number of carboxylic acid groups (broad SMARTS) is 1. The van der Waals surface area contributed by atoms with E-state index in [0.717, 1.165) is 11.1 Å². The molecule has 0 spiro atoms. The van der Waals surface area contributed by atoms with Gasteiger partial charge < -0.3 is 31.9 Å². The zero-order valence-electron chi connectivity index (χ0n) is 22.3. The van der Waals surface area contributed by atoms with Crippen LogP contribution in [0.3, 0.4) is 0 Å². The average molecular weight is 579 g/mol. The summed E-state index contributed by atoms with van der Waals surface area (Å²) in [6.07, 6.45) is 0.369. The van der Waals surface area contributed by atoms with Crippen LogP contribution in [0.1, 0.15) is 16.7 Å². The van der Waals surface area contributed by atoms with Gasteiger partial charge in [0.25, 0.3) is 0 Å². The first-order chi connectivity index (χ1) is 19.7. The summed E-state index contributed by atoms with van der Waals surface area (Å²) in [6.45, 7) is 0. The Labute approximate surface area is 243 Å². The van der Waals surface area contributed by atoms with Gasteiger partial charge in [-0.15, -0.1) is 0 Å². The number of hydrogen-bond donors (Lipinski definition) is 7. The Morgan fingerprint density at radius 2 is 1.05 bits per heavy atom. The van der Waals surface area contributed by atoms with Gasteiger partial charge in [-0.1, -0.05) is 72.8 Å². The molecule has 0 aliphatic rings. The minimum atomic E-state index is -1.26. The Morgan fingerprint density at radius 3 is 1.51 bits per heavy atom. The third-order valence-corrected chi connectivity index (χ3v) is 6.72. The van der Waals surface area contributed by atoms with Crippen molar-refractivity contribution in [2.24, 2.45) is 5.73 Å². The molecular formula is C30H34N4O6S. The third-order valence-electron chi connectivity index (χ3n) is 6.36.